The number of thioether (sulfide) groups is 1. The van der Waals surface area contributed by atoms with E-state index >= 15 is 0 Å². The van der Waals surface area contributed by atoms with Gasteiger partial charge in [0.05, 0.1) is 5.75 Å². The highest BCUT2D eigenvalue weighted by atomic mass is 32.2. The van der Waals surface area contributed by atoms with E-state index in [1.165, 1.54) is 23.1 Å². The summed E-state index contributed by atoms with van der Waals surface area (Å²) in [7, 11) is 0. The SMILES string of the molecule is C=C(CC(CC)CC)C(=O)CSc1nnc(C)s1. The highest BCUT2D eigenvalue weighted by Gasteiger charge is 2.13. The fraction of sp³-hybridized carbons (Fsp3) is 0.615. The zero-order chi connectivity index (χ0) is 13.5. The molecule has 0 spiro atoms. The lowest BCUT2D eigenvalue weighted by atomic mass is 9.94. The fourth-order valence-electron chi connectivity index (χ4n) is 1.61. The van der Waals surface area contributed by atoms with Crippen LogP contribution in [0.5, 0.6) is 0 Å². The third-order valence-electron chi connectivity index (χ3n) is 2.92. The van der Waals surface area contributed by atoms with Crippen LogP contribution >= 0.6 is 23.1 Å². The van der Waals surface area contributed by atoms with Gasteiger partial charge in [0, 0.05) is 0 Å². The number of nitrogens with zero attached hydrogens (tertiary/aromatic N) is 2. The lowest BCUT2D eigenvalue weighted by Gasteiger charge is -2.12. The van der Waals surface area contributed by atoms with Crippen molar-refractivity contribution in [2.75, 3.05) is 5.75 Å². The van der Waals surface area contributed by atoms with Crippen molar-refractivity contribution in [2.45, 2.75) is 44.4 Å². The second kappa shape index (κ2) is 7.69. The van der Waals surface area contributed by atoms with Gasteiger partial charge in [-0.1, -0.05) is 56.4 Å². The number of hydrogen-bond acceptors (Lipinski definition) is 5. The van der Waals surface area contributed by atoms with Gasteiger partial charge >= 0.3 is 0 Å². The van der Waals surface area contributed by atoms with Gasteiger partial charge in [-0.05, 0) is 24.8 Å². The Bertz CT molecular complexity index is 411. The van der Waals surface area contributed by atoms with E-state index in [0.29, 0.717) is 11.7 Å². The average molecular weight is 284 g/mol. The van der Waals surface area contributed by atoms with Crippen molar-refractivity contribution < 1.29 is 4.79 Å². The maximum atomic E-state index is 11.9. The highest BCUT2D eigenvalue weighted by Crippen LogP contribution is 2.24. The van der Waals surface area contributed by atoms with E-state index in [4.69, 9.17) is 0 Å². The maximum absolute atomic E-state index is 11.9. The standard InChI is InChI=1S/C13H20N2OS2/c1-5-11(6-2)7-9(3)12(16)8-17-13-15-14-10(4)18-13/h11H,3,5-8H2,1-2,4H3. The van der Waals surface area contributed by atoms with E-state index in [-0.39, 0.29) is 5.78 Å². The molecule has 0 N–H and O–H groups in total. The van der Waals surface area contributed by atoms with Crippen LogP contribution in [0.25, 0.3) is 0 Å². The molecule has 0 saturated carbocycles. The first-order valence-corrected chi connectivity index (χ1v) is 8.00. The summed E-state index contributed by atoms with van der Waals surface area (Å²) in [6, 6.07) is 0. The summed E-state index contributed by atoms with van der Waals surface area (Å²) in [4.78, 5) is 11.9. The summed E-state index contributed by atoms with van der Waals surface area (Å²) in [6.07, 6.45) is 3.03. The van der Waals surface area contributed by atoms with Gasteiger partial charge in [-0.15, -0.1) is 10.2 Å². The number of hydrogen-bond donors (Lipinski definition) is 0. The zero-order valence-corrected chi connectivity index (χ0v) is 12.9. The Hall–Kier alpha value is -0.680. The monoisotopic (exact) mass is 284 g/mol. The average Bonchev–Trinajstić information content (AvgIpc) is 2.78. The third-order valence-corrected chi connectivity index (χ3v) is 4.89. The minimum absolute atomic E-state index is 0.139. The lowest BCUT2D eigenvalue weighted by molar-refractivity contribution is -0.113. The summed E-state index contributed by atoms with van der Waals surface area (Å²) in [5, 5.41) is 8.85. The summed E-state index contributed by atoms with van der Waals surface area (Å²) < 4.78 is 0.858. The van der Waals surface area contributed by atoms with Crippen LogP contribution < -0.4 is 0 Å². The van der Waals surface area contributed by atoms with Crippen LogP contribution in [0.3, 0.4) is 0 Å². The first-order chi connectivity index (χ1) is 8.56. The van der Waals surface area contributed by atoms with Crippen LogP contribution in [0.15, 0.2) is 16.5 Å². The Balaban J connectivity index is 2.38. The number of Topliss-reactive ketones (excluding diaryl/α,β-unsaturated/α-hetero) is 1. The van der Waals surface area contributed by atoms with Gasteiger partial charge < -0.3 is 0 Å². The Morgan fingerprint density at radius 3 is 2.56 bits per heavy atom. The number of rotatable bonds is 8. The minimum atomic E-state index is 0.139. The van der Waals surface area contributed by atoms with Gasteiger partial charge in [0.15, 0.2) is 10.1 Å². The molecule has 0 fully saturated rings. The van der Waals surface area contributed by atoms with E-state index in [0.717, 1.165) is 34.2 Å². The van der Waals surface area contributed by atoms with Gasteiger partial charge in [0.25, 0.3) is 0 Å². The van der Waals surface area contributed by atoms with Crippen molar-refractivity contribution >= 4 is 28.9 Å². The predicted octanol–water partition coefficient (Wildman–Crippen LogP) is 3.89. The van der Waals surface area contributed by atoms with Crippen LogP contribution in [0.1, 0.15) is 38.1 Å². The normalized spacial score (nSPS) is 10.9. The third kappa shape index (κ3) is 4.90. The fourth-order valence-corrected chi connectivity index (χ4v) is 3.35. The van der Waals surface area contributed by atoms with Crippen molar-refractivity contribution in [1.29, 1.82) is 0 Å². The largest absolute Gasteiger partial charge is 0.294 e. The molecule has 5 heteroatoms. The first-order valence-electron chi connectivity index (χ1n) is 6.20. The number of carbonyl (C=O) groups is 1. The molecule has 0 bridgehead atoms. The molecular formula is C13H20N2OS2. The van der Waals surface area contributed by atoms with Crippen LogP contribution in [0, 0.1) is 12.8 Å². The molecule has 0 aromatic carbocycles. The molecule has 0 saturated heterocycles. The van der Waals surface area contributed by atoms with E-state index in [9.17, 15) is 4.79 Å². The van der Waals surface area contributed by atoms with Gasteiger partial charge in [-0.2, -0.15) is 0 Å². The number of allylic oxidation sites excluding steroid dienone is 1. The molecular weight excluding hydrogens is 264 g/mol. The summed E-state index contributed by atoms with van der Waals surface area (Å²) in [6.45, 7) is 10.1. The molecule has 0 aliphatic carbocycles. The van der Waals surface area contributed by atoms with Gasteiger partial charge in [-0.25, -0.2) is 0 Å². The number of ketones is 1. The number of aryl methyl sites for hydroxylation is 1. The van der Waals surface area contributed by atoms with E-state index in [2.05, 4.69) is 30.6 Å². The Morgan fingerprint density at radius 2 is 2.06 bits per heavy atom. The molecule has 100 valence electrons. The van der Waals surface area contributed by atoms with Crippen LogP contribution in [0.4, 0.5) is 0 Å². The summed E-state index contributed by atoms with van der Waals surface area (Å²) >= 11 is 2.98. The zero-order valence-electron chi connectivity index (χ0n) is 11.2. The molecule has 18 heavy (non-hydrogen) atoms. The van der Waals surface area contributed by atoms with E-state index < -0.39 is 0 Å². The first kappa shape index (κ1) is 15.4. The molecule has 1 aromatic heterocycles. The van der Waals surface area contributed by atoms with Gasteiger partial charge in [0.1, 0.15) is 5.01 Å². The van der Waals surface area contributed by atoms with Crippen LogP contribution in [-0.4, -0.2) is 21.7 Å². The second-order valence-electron chi connectivity index (χ2n) is 4.29. The van der Waals surface area contributed by atoms with E-state index in [1.807, 2.05) is 6.92 Å². The highest BCUT2D eigenvalue weighted by molar-refractivity contribution is 8.01. The van der Waals surface area contributed by atoms with Gasteiger partial charge in [0.2, 0.25) is 0 Å². The summed E-state index contributed by atoms with van der Waals surface area (Å²) in [5.41, 5.74) is 0.748. The second-order valence-corrected chi connectivity index (χ2v) is 6.69. The molecule has 0 aliphatic heterocycles. The molecule has 1 rings (SSSR count). The molecule has 0 radical (unpaired) electrons. The Labute approximate surface area is 117 Å². The molecule has 0 atom stereocenters. The van der Waals surface area contributed by atoms with E-state index in [1.54, 1.807) is 0 Å². The number of carbonyl (C=O) groups excluding carboxylic acids is 1. The quantitative estimate of drug-likeness (QED) is 0.536. The lowest BCUT2D eigenvalue weighted by Crippen LogP contribution is -2.09. The maximum Gasteiger partial charge on any atom is 0.174 e. The molecule has 1 heterocycles. The Morgan fingerprint density at radius 1 is 1.39 bits per heavy atom. The molecule has 1 aromatic rings. The topological polar surface area (TPSA) is 42.9 Å². The Kier molecular flexibility index (Phi) is 6.57. The molecule has 0 amide bonds. The van der Waals surface area contributed by atoms with Crippen molar-refractivity contribution in [1.82, 2.24) is 10.2 Å². The smallest absolute Gasteiger partial charge is 0.174 e. The summed E-state index contributed by atoms with van der Waals surface area (Å²) in [5.74, 6) is 1.14. The molecule has 3 nitrogen and oxygen atoms in total. The molecule has 0 unspecified atom stereocenters. The molecule has 0 aliphatic rings. The van der Waals surface area contributed by atoms with Crippen LogP contribution in [0.2, 0.25) is 0 Å². The van der Waals surface area contributed by atoms with Gasteiger partial charge in [-0.3, -0.25) is 4.79 Å². The minimum Gasteiger partial charge on any atom is -0.294 e. The number of aromatic nitrogens is 2. The van der Waals surface area contributed by atoms with Crippen molar-refractivity contribution in [3.05, 3.63) is 17.2 Å². The predicted molar refractivity (Wildman–Crippen MR) is 78.2 cm³/mol. The van der Waals surface area contributed by atoms with Crippen molar-refractivity contribution in [3.63, 3.8) is 0 Å². The van der Waals surface area contributed by atoms with Crippen molar-refractivity contribution in [2.24, 2.45) is 5.92 Å². The van der Waals surface area contributed by atoms with Crippen LogP contribution in [-0.2, 0) is 4.79 Å². The van der Waals surface area contributed by atoms with Crippen molar-refractivity contribution in [3.8, 4) is 0 Å².